The van der Waals surface area contributed by atoms with Gasteiger partial charge in [-0.3, -0.25) is 9.36 Å². The molecule has 0 unspecified atom stereocenters. The van der Waals surface area contributed by atoms with Gasteiger partial charge in [-0.2, -0.15) is 0 Å². The molecule has 0 saturated heterocycles. The smallest absolute Gasteiger partial charge is 0.234 e. The Kier molecular flexibility index (Phi) is 7.38. The van der Waals surface area contributed by atoms with Crippen LogP contribution >= 0.6 is 11.8 Å². The summed E-state index contributed by atoms with van der Waals surface area (Å²) in [7, 11) is 1.57. The molecule has 7 nitrogen and oxygen atoms in total. The van der Waals surface area contributed by atoms with Gasteiger partial charge in [0.05, 0.1) is 24.2 Å². The zero-order valence-electron chi connectivity index (χ0n) is 18.1. The third-order valence-electron chi connectivity index (χ3n) is 4.70. The van der Waals surface area contributed by atoms with E-state index in [0.717, 1.165) is 11.8 Å². The Morgan fingerprint density at radius 2 is 1.62 bits per heavy atom. The number of benzene rings is 3. The standard InChI is InChI=1S/C24H20F2N4O3S/c1-32-16-10-12-17(13-11-16)33-14-22-28-29-24(30(22)21-9-5-3-7-19(21)26)34-15-23(31)27-20-8-4-2-6-18(20)25/h2-13H,14-15H2,1H3,(H,27,31). The highest BCUT2D eigenvalue weighted by molar-refractivity contribution is 7.99. The minimum atomic E-state index is -0.534. The van der Waals surface area contributed by atoms with Crippen molar-refractivity contribution in [2.24, 2.45) is 0 Å². The van der Waals surface area contributed by atoms with Crippen molar-refractivity contribution >= 4 is 23.4 Å². The van der Waals surface area contributed by atoms with E-state index >= 15 is 0 Å². The van der Waals surface area contributed by atoms with Crippen LogP contribution in [0.5, 0.6) is 11.5 Å². The van der Waals surface area contributed by atoms with E-state index in [0.29, 0.717) is 22.5 Å². The fraction of sp³-hybridized carbons (Fsp3) is 0.125. The van der Waals surface area contributed by atoms with Crippen molar-refractivity contribution in [3.63, 3.8) is 0 Å². The highest BCUT2D eigenvalue weighted by Crippen LogP contribution is 2.26. The maximum atomic E-state index is 14.6. The number of carbonyl (C=O) groups is 1. The van der Waals surface area contributed by atoms with Crippen LogP contribution in [0.25, 0.3) is 5.69 Å². The van der Waals surface area contributed by atoms with Gasteiger partial charge in [-0.05, 0) is 48.5 Å². The minimum Gasteiger partial charge on any atom is -0.497 e. The number of hydrogen-bond acceptors (Lipinski definition) is 6. The molecular formula is C24H20F2N4O3S. The van der Waals surface area contributed by atoms with Crippen molar-refractivity contribution in [3.05, 3.63) is 90.3 Å². The first-order chi connectivity index (χ1) is 16.5. The van der Waals surface area contributed by atoms with Gasteiger partial charge in [0, 0.05) is 0 Å². The predicted molar refractivity (Wildman–Crippen MR) is 124 cm³/mol. The van der Waals surface area contributed by atoms with E-state index in [1.807, 2.05) is 0 Å². The van der Waals surface area contributed by atoms with Gasteiger partial charge in [-0.1, -0.05) is 36.0 Å². The summed E-state index contributed by atoms with van der Waals surface area (Å²) < 4.78 is 40.9. The van der Waals surface area contributed by atoms with E-state index in [1.165, 1.54) is 28.8 Å². The molecule has 0 aliphatic carbocycles. The zero-order valence-corrected chi connectivity index (χ0v) is 18.9. The van der Waals surface area contributed by atoms with E-state index in [4.69, 9.17) is 9.47 Å². The summed E-state index contributed by atoms with van der Waals surface area (Å²) in [6.07, 6.45) is 0. The van der Waals surface area contributed by atoms with Crippen LogP contribution in [0.1, 0.15) is 5.82 Å². The first kappa shape index (κ1) is 23.2. The Morgan fingerprint density at radius 3 is 2.32 bits per heavy atom. The normalized spacial score (nSPS) is 10.7. The van der Waals surface area contributed by atoms with E-state index in [2.05, 4.69) is 15.5 Å². The Hall–Kier alpha value is -3.92. The van der Waals surface area contributed by atoms with Crippen LogP contribution < -0.4 is 14.8 Å². The number of hydrogen-bond donors (Lipinski definition) is 1. The number of nitrogens with one attached hydrogen (secondary N) is 1. The molecule has 0 radical (unpaired) electrons. The van der Waals surface area contributed by atoms with Crippen molar-refractivity contribution < 1.29 is 23.0 Å². The number of anilines is 1. The van der Waals surface area contributed by atoms with E-state index in [1.54, 1.807) is 55.6 Å². The van der Waals surface area contributed by atoms with Crippen LogP contribution in [0.2, 0.25) is 0 Å². The number of thioether (sulfide) groups is 1. The highest BCUT2D eigenvalue weighted by atomic mass is 32.2. The maximum Gasteiger partial charge on any atom is 0.234 e. The number of halogens is 2. The highest BCUT2D eigenvalue weighted by Gasteiger charge is 2.19. The first-order valence-electron chi connectivity index (χ1n) is 10.2. The predicted octanol–water partition coefficient (Wildman–Crippen LogP) is 4.86. The summed E-state index contributed by atoms with van der Waals surface area (Å²) >= 11 is 1.05. The molecule has 34 heavy (non-hydrogen) atoms. The molecule has 0 aliphatic heterocycles. The number of amides is 1. The molecular weight excluding hydrogens is 462 g/mol. The molecule has 174 valence electrons. The molecule has 0 bridgehead atoms. The van der Waals surface area contributed by atoms with Gasteiger partial charge in [0.15, 0.2) is 11.0 Å². The summed E-state index contributed by atoms with van der Waals surface area (Å²) in [4.78, 5) is 12.4. The average molecular weight is 483 g/mol. The van der Waals surface area contributed by atoms with Gasteiger partial charge >= 0.3 is 0 Å². The maximum absolute atomic E-state index is 14.6. The molecule has 4 aromatic rings. The largest absolute Gasteiger partial charge is 0.497 e. The molecule has 1 aromatic heterocycles. The molecule has 0 saturated carbocycles. The Bertz CT molecular complexity index is 1280. The number of nitrogens with zero attached hydrogens (tertiary/aromatic N) is 3. The quantitative estimate of drug-likeness (QED) is 0.343. The Labute approximate surface area is 198 Å². The number of ether oxygens (including phenoxy) is 2. The van der Waals surface area contributed by atoms with Crippen LogP contribution in [-0.2, 0) is 11.4 Å². The van der Waals surface area contributed by atoms with Gasteiger partial charge in [-0.15, -0.1) is 10.2 Å². The lowest BCUT2D eigenvalue weighted by atomic mass is 10.3. The Morgan fingerprint density at radius 1 is 0.941 bits per heavy atom. The molecule has 0 atom stereocenters. The summed E-state index contributed by atoms with van der Waals surface area (Å²) in [5, 5.41) is 11.1. The van der Waals surface area contributed by atoms with Gasteiger partial charge in [-0.25, -0.2) is 8.78 Å². The topological polar surface area (TPSA) is 78.3 Å². The van der Waals surface area contributed by atoms with Gasteiger partial charge in [0.1, 0.15) is 29.7 Å². The molecule has 0 fully saturated rings. The van der Waals surface area contributed by atoms with Crippen LogP contribution in [-0.4, -0.2) is 33.5 Å². The minimum absolute atomic E-state index is 0.00957. The first-order valence-corrected chi connectivity index (χ1v) is 11.2. The monoisotopic (exact) mass is 482 g/mol. The van der Waals surface area contributed by atoms with Crippen LogP contribution in [0, 0.1) is 11.6 Å². The van der Waals surface area contributed by atoms with Crippen molar-refractivity contribution in [2.75, 3.05) is 18.2 Å². The summed E-state index contributed by atoms with van der Waals surface area (Å²) in [5.41, 5.74) is 0.301. The lowest BCUT2D eigenvalue weighted by molar-refractivity contribution is -0.113. The third-order valence-corrected chi connectivity index (χ3v) is 5.63. The van der Waals surface area contributed by atoms with Crippen molar-refractivity contribution in [2.45, 2.75) is 11.8 Å². The van der Waals surface area contributed by atoms with Crippen molar-refractivity contribution in [1.29, 1.82) is 0 Å². The second kappa shape index (κ2) is 10.8. The molecule has 1 amide bonds. The molecule has 4 rings (SSSR count). The van der Waals surface area contributed by atoms with Crippen LogP contribution in [0.3, 0.4) is 0 Å². The molecule has 3 aromatic carbocycles. The van der Waals surface area contributed by atoms with Gasteiger partial charge < -0.3 is 14.8 Å². The zero-order chi connectivity index (χ0) is 23.9. The second-order valence-electron chi connectivity index (χ2n) is 6.97. The average Bonchev–Trinajstić information content (AvgIpc) is 3.26. The van der Waals surface area contributed by atoms with E-state index < -0.39 is 17.5 Å². The van der Waals surface area contributed by atoms with Gasteiger partial charge in [0.25, 0.3) is 0 Å². The molecule has 0 spiro atoms. The Balaban J connectivity index is 1.52. The molecule has 10 heteroatoms. The fourth-order valence-electron chi connectivity index (χ4n) is 3.06. The van der Waals surface area contributed by atoms with E-state index in [-0.39, 0.29) is 23.7 Å². The van der Waals surface area contributed by atoms with Crippen molar-refractivity contribution in [1.82, 2.24) is 14.8 Å². The van der Waals surface area contributed by atoms with Crippen LogP contribution in [0.15, 0.2) is 78.0 Å². The molecule has 0 aliphatic rings. The number of methoxy groups -OCH3 is 1. The second-order valence-corrected chi connectivity index (χ2v) is 7.91. The van der Waals surface area contributed by atoms with Crippen LogP contribution in [0.4, 0.5) is 14.5 Å². The summed E-state index contributed by atoms with van der Waals surface area (Å²) in [5.74, 6) is 0.0722. The summed E-state index contributed by atoms with van der Waals surface area (Å²) in [6, 6.07) is 19.0. The SMILES string of the molecule is COc1ccc(OCc2nnc(SCC(=O)Nc3ccccc3F)n2-c2ccccc2F)cc1. The lowest BCUT2D eigenvalue weighted by Crippen LogP contribution is -2.15. The number of para-hydroxylation sites is 2. The lowest BCUT2D eigenvalue weighted by Gasteiger charge is -2.12. The summed E-state index contributed by atoms with van der Waals surface area (Å²) in [6.45, 7) is 0.00957. The number of carbonyl (C=O) groups excluding carboxylic acids is 1. The fourth-order valence-corrected chi connectivity index (χ4v) is 3.82. The number of rotatable bonds is 9. The molecule has 1 N–H and O–H groups in total. The van der Waals surface area contributed by atoms with Gasteiger partial charge in [0.2, 0.25) is 5.91 Å². The van der Waals surface area contributed by atoms with Crippen molar-refractivity contribution in [3.8, 4) is 17.2 Å². The number of aromatic nitrogens is 3. The van der Waals surface area contributed by atoms with E-state index in [9.17, 15) is 13.6 Å². The molecule has 1 heterocycles. The third kappa shape index (κ3) is 5.52.